The predicted octanol–water partition coefficient (Wildman–Crippen LogP) is 2.84. The predicted molar refractivity (Wildman–Crippen MR) is 70.8 cm³/mol. The fourth-order valence-electron chi connectivity index (χ4n) is 2.48. The van der Waals surface area contributed by atoms with Gasteiger partial charge in [0, 0.05) is 34.5 Å². The van der Waals surface area contributed by atoms with Gasteiger partial charge in [-0.1, -0.05) is 15.9 Å². The highest BCUT2D eigenvalue weighted by Crippen LogP contribution is 2.29. The fourth-order valence-corrected chi connectivity index (χ4v) is 2.84. The van der Waals surface area contributed by atoms with Crippen LogP contribution in [-0.4, -0.2) is 22.3 Å². The lowest BCUT2D eigenvalue weighted by atomic mass is 10.0. The Morgan fingerprint density at radius 3 is 3.06 bits per heavy atom. The Hall–Kier alpha value is -1.29. The van der Waals surface area contributed by atoms with Gasteiger partial charge < -0.3 is 9.88 Å². The number of amides is 1. The summed E-state index contributed by atoms with van der Waals surface area (Å²) < 4.78 is 1.10. The molecule has 4 heteroatoms. The SMILES string of the molecule is CC(=O)N1CCc2c([nH]c3ccc(Br)cc23)C1. The highest BCUT2D eigenvalue weighted by Gasteiger charge is 2.21. The smallest absolute Gasteiger partial charge is 0.219 e. The summed E-state index contributed by atoms with van der Waals surface area (Å²) in [7, 11) is 0. The number of carbonyl (C=O) groups is 1. The second kappa shape index (κ2) is 3.88. The van der Waals surface area contributed by atoms with Crippen molar-refractivity contribution in [3.05, 3.63) is 33.9 Å². The highest BCUT2D eigenvalue weighted by atomic mass is 79.9. The van der Waals surface area contributed by atoms with Gasteiger partial charge >= 0.3 is 0 Å². The third-order valence-corrected chi connectivity index (χ3v) is 3.88. The Bertz CT molecular complexity index is 603. The molecule has 17 heavy (non-hydrogen) atoms. The van der Waals surface area contributed by atoms with Gasteiger partial charge in [0.15, 0.2) is 0 Å². The average molecular weight is 293 g/mol. The summed E-state index contributed by atoms with van der Waals surface area (Å²) in [5.41, 5.74) is 3.70. The van der Waals surface area contributed by atoms with Crippen LogP contribution in [-0.2, 0) is 17.8 Å². The summed E-state index contributed by atoms with van der Waals surface area (Å²) in [5.74, 6) is 0.149. The number of carbonyl (C=O) groups excluding carboxylic acids is 1. The van der Waals surface area contributed by atoms with Crippen LogP contribution < -0.4 is 0 Å². The number of fused-ring (bicyclic) bond motifs is 3. The zero-order valence-corrected chi connectivity index (χ0v) is 11.2. The van der Waals surface area contributed by atoms with Crippen molar-refractivity contribution < 1.29 is 4.79 Å². The lowest BCUT2D eigenvalue weighted by Gasteiger charge is -2.25. The van der Waals surface area contributed by atoms with E-state index in [1.54, 1.807) is 6.92 Å². The van der Waals surface area contributed by atoms with E-state index in [1.165, 1.54) is 16.6 Å². The van der Waals surface area contributed by atoms with Crippen LogP contribution in [0.15, 0.2) is 22.7 Å². The third kappa shape index (κ3) is 1.76. The van der Waals surface area contributed by atoms with Gasteiger partial charge in [-0.25, -0.2) is 0 Å². The molecule has 1 aromatic heterocycles. The first kappa shape index (κ1) is 10.8. The molecule has 3 nitrogen and oxygen atoms in total. The van der Waals surface area contributed by atoms with Crippen molar-refractivity contribution in [3.8, 4) is 0 Å². The number of hydrogen-bond donors (Lipinski definition) is 1. The van der Waals surface area contributed by atoms with E-state index < -0.39 is 0 Å². The molecule has 1 N–H and O–H groups in total. The maximum atomic E-state index is 11.4. The van der Waals surface area contributed by atoms with Crippen molar-refractivity contribution in [2.45, 2.75) is 19.9 Å². The molecule has 3 rings (SSSR count). The number of nitrogens with one attached hydrogen (secondary N) is 1. The van der Waals surface area contributed by atoms with Gasteiger partial charge in [0.2, 0.25) is 5.91 Å². The molecule has 0 unspecified atom stereocenters. The summed E-state index contributed by atoms with van der Waals surface area (Å²) in [4.78, 5) is 16.7. The molecule has 1 aliphatic rings. The molecule has 2 aromatic rings. The minimum atomic E-state index is 0.149. The summed E-state index contributed by atoms with van der Waals surface area (Å²) >= 11 is 3.50. The molecular weight excluding hydrogens is 280 g/mol. The van der Waals surface area contributed by atoms with Crippen molar-refractivity contribution in [1.82, 2.24) is 9.88 Å². The Kier molecular flexibility index (Phi) is 2.47. The van der Waals surface area contributed by atoms with Crippen molar-refractivity contribution in [2.24, 2.45) is 0 Å². The first-order valence-corrected chi connectivity index (χ1v) is 6.49. The zero-order chi connectivity index (χ0) is 12.0. The monoisotopic (exact) mass is 292 g/mol. The molecule has 2 heterocycles. The van der Waals surface area contributed by atoms with Crippen molar-refractivity contribution in [1.29, 1.82) is 0 Å². The molecule has 0 spiro atoms. The van der Waals surface area contributed by atoms with Gasteiger partial charge in [0.25, 0.3) is 0 Å². The average Bonchev–Trinajstić information content (AvgIpc) is 2.66. The second-order valence-corrected chi connectivity index (χ2v) is 5.38. The summed E-state index contributed by atoms with van der Waals surface area (Å²) in [5, 5.41) is 1.28. The van der Waals surface area contributed by atoms with E-state index in [9.17, 15) is 4.79 Å². The summed E-state index contributed by atoms with van der Waals surface area (Å²) in [6, 6.07) is 6.26. The Labute approximate surface area is 108 Å². The van der Waals surface area contributed by atoms with Crippen molar-refractivity contribution in [3.63, 3.8) is 0 Å². The molecular formula is C13H13BrN2O. The van der Waals surface area contributed by atoms with Crippen LogP contribution >= 0.6 is 15.9 Å². The first-order chi connectivity index (χ1) is 8.15. The highest BCUT2D eigenvalue weighted by molar-refractivity contribution is 9.10. The van der Waals surface area contributed by atoms with Gasteiger partial charge in [0.05, 0.1) is 6.54 Å². The number of nitrogens with zero attached hydrogens (tertiary/aromatic N) is 1. The molecule has 0 saturated carbocycles. The Morgan fingerprint density at radius 1 is 1.47 bits per heavy atom. The van der Waals surface area contributed by atoms with Crippen LogP contribution in [0.25, 0.3) is 10.9 Å². The number of aromatic nitrogens is 1. The minimum absolute atomic E-state index is 0.149. The van der Waals surface area contributed by atoms with Crippen LogP contribution in [0, 0.1) is 0 Å². The van der Waals surface area contributed by atoms with E-state index in [0.29, 0.717) is 6.54 Å². The molecule has 0 saturated heterocycles. The van der Waals surface area contributed by atoms with Gasteiger partial charge in [-0.15, -0.1) is 0 Å². The van der Waals surface area contributed by atoms with E-state index in [2.05, 4.69) is 33.0 Å². The zero-order valence-electron chi connectivity index (χ0n) is 9.59. The quantitative estimate of drug-likeness (QED) is 0.796. The number of rotatable bonds is 0. The van der Waals surface area contributed by atoms with E-state index in [4.69, 9.17) is 0 Å². The second-order valence-electron chi connectivity index (χ2n) is 4.46. The Balaban J connectivity index is 2.10. The number of benzene rings is 1. The molecule has 1 aromatic carbocycles. The molecule has 1 aliphatic heterocycles. The summed E-state index contributed by atoms with van der Waals surface area (Å²) in [6.45, 7) is 3.16. The van der Waals surface area contributed by atoms with E-state index >= 15 is 0 Å². The minimum Gasteiger partial charge on any atom is -0.357 e. The Morgan fingerprint density at radius 2 is 2.29 bits per heavy atom. The topological polar surface area (TPSA) is 36.1 Å². The van der Waals surface area contributed by atoms with Crippen LogP contribution in [0.1, 0.15) is 18.2 Å². The van der Waals surface area contributed by atoms with Gasteiger partial charge in [-0.05, 0) is 30.2 Å². The maximum Gasteiger partial charge on any atom is 0.219 e. The van der Waals surface area contributed by atoms with Gasteiger partial charge in [0.1, 0.15) is 0 Å². The van der Waals surface area contributed by atoms with Gasteiger partial charge in [-0.3, -0.25) is 4.79 Å². The molecule has 0 atom stereocenters. The third-order valence-electron chi connectivity index (χ3n) is 3.38. The molecule has 0 aliphatic carbocycles. The molecule has 0 bridgehead atoms. The van der Waals surface area contributed by atoms with E-state index in [-0.39, 0.29) is 5.91 Å². The lowest BCUT2D eigenvalue weighted by molar-refractivity contribution is -0.129. The van der Waals surface area contributed by atoms with Crippen LogP contribution in [0.4, 0.5) is 0 Å². The van der Waals surface area contributed by atoms with Crippen molar-refractivity contribution >= 4 is 32.7 Å². The van der Waals surface area contributed by atoms with Crippen LogP contribution in [0.2, 0.25) is 0 Å². The molecule has 88 valence electrons. The van der Waals surface area contributed by atoms with Gasteiger partial charge in [-0.2, -0.15) is 0 Å². The van der Waals surface area contributed by atoms with E-state index in [1.807, 2.05) is 11.0 Å². The normalized spacial score (nSPS) is 15.1. The summed E-state index contributed by atoms with van der Waals surface area (Å²) in [6.07, 6.45) is 0.936. The number of hydrogen-bond acceptors (Lipinski definition) is 1. The van der Waals surface area contributed by atoms with Crippen LogP contribution in [0.5, 0.6) is 0 Å². The van der Waals surface area contributed by atoms with Crippen LogP contribution in [0.3, 0.4) is 0 Å². The molecule has 0 radical (unpaired) electrons. The number of aromatic amines is 1. The lowest BCUT2D eigenvalue weighted by Crippen LogP contribution is -2.34. The molecule has 1 amide bonds. The number of halogens is 1. The number of H-pyrrole nitrogens is 1. The standard InChI is InChI=1S/C13H13BrN2O/c1-8(17)16-5-4-10-11-6-9(14)2-3-12(11)15-13(10)7-16/h2-3,6,15H,4-5,7H2,1H3. The fraction of sp³-hybridized carbons (Fsp3) is 0.308. The first-order valence-electron chi connectivity index (χ1n) is 5.69. The van der Waals surface area contributed by atoms with Crippen molar-refractivity contribution in [2.75, 3.05) is 6.54 Å². The maximum absolute atomic E-state index is 11.4. The molecule has 0 fully saturated rings. The largest absolute Gasteiger partial charge is 0.357 e. The van der Waals surface area contributed by atoms with E-state index in [0.717, 1.165) is 23.0 Å².